The van der Waals surface area contributed by atoms with Crippen molar-refractivity contribution < 1.29 is 14.6 Å². The Kier molecular flexibility index (Phi) is 5.58. The second-order valence-corrected chi connectivity index (χ2v) is 7.78. The molecule has 2 heterocycles. The summed E-state index contributed by atoms with van der Waals surface area (Å²) in [4.78, 5) is 16.7. The summed E-state index contributed by atoms with van der Waals surface area (Å²) >= 11 is 0. The number of hydrogen-bond donors (Lipinski definition) is 1. The van der Waals surface area contributed by atoms with E-state index in [0.717, 1.165) is 25.0 Å². The first kappa shape index (κ1) is 18.2. The molecule has 1 N–H and O–H groups in total. The highest BCUT2D eigenvalue weighted by atomic mass is 16.5. The van der Waals surface area contributed by atoms with Crippen LogP contribution in [-0.4, -0.2) is 33.3 Å². The topological polar surface area (TPSA) is 64.3 Å². The van der Waals surface area contributed by atoms with Gasteiger partial charge in [-0.05, 0) is 30.7 Å². The van der Waals surface area contributed by atoms with Gasteiger partial charge < -0.3 is 14.4 Å². The lowest BCUT2D eigenvalue weighted by atomic mass is 9.82. The second kappa shape index (κ2) is 8.26. The molecule has 5 heteroatoms. The third kappa shape index (κ3) is 3.79. The fraction of sp³-hybridized carbons (Fsp3) is 0.545. The predicted octanol–water partition coefficient (Wildman–Crippen LogP) is 4.11. The van der Waals surface area contributed by atoms with Crippen molar-refractivity contribution >= 4 is 5.97 Å². The highest BCUT2D eigenvalue weighted by molar-refractivity contribution is 5.70. The first-order valence-electron chi connectivity index (χ1n) is 10.2. The Hall–Kier alpha value is -2.14. The van der Waals surface area contributed by atoms with Crippen LogP contribution in [0.2, 0.25) is 0 Å². The Morgan fingerprint density at radius 3 is 2.89 bits per heavy atom. The molecule has 2 aliphatic rings. The molecule has 0 bridgehead atoms. The molecule has 144 valence electrons. The summed E-state index contributed by atoms with van der Waals surface area (Å²) in [5.74, 6) is 0.244. The van der Waals surface area contributed by atoms with Gasteiger partial charge in [0.1, 0.15) is 6.10 Å². The van der Waals surface area contributed by atoms with E-state index in [2.05, 4.69) is 33.8 Å². The fourth-order valence-electron chi connectivity index (χ4n) is 4.69. The molecule has 1 aromatic heterocycles. The molecule has 0 spiro atoms. The molecule has 1 fully saturated rings. The van der Waals surface area contributed by atoms with E-state index in [1.807, 2.05) is 12.5 Å². The van der Waals surface area contributed by atoms with Crippen molar-refractivity contribution in [2.45, 2.75) is 63.5 Å². The van der Waals surface area contributed by atoms with Crippen molar-refractivity contribution in [1.82, 2.24) is 9.55 Å². The van der Waals surface area contributed by atoms with Crippen LogP contribution in [0.1, 0.15) is 63.0 Å². The lowest BCUT2D eigenvalue weighted by Gasteiger charge is -2.32. The molecule has 27 heavy (non-hydrogen) atoms. The monoisotopic (exact) mass is 368 g/mol. The third-order valence-electron chi connectivity index (χ3n) is 6.05. The van der Waals surface area contributed by atoms with Crippen LogP contribution in [-0.2, 0) is 9.53 Å². The number of carbonyl (C=O) groups is 1. The van der Waals surface area contributed by atoms with Crippen LogP contribution in [0.25, 0.3) is 11.3 Å². The van der Waals surface area contributed by atoms with Crippen LogP contribution in [0, 0.1) is 5.92 Å². The van der Waals surface area contributed by atoms with Gasteiger partial charge in [0.2, 0.25) is 0 Å². The summed E-state index contributed by atoms with van der Waals surface area (Å²) < 4.78 is 8.20. The molecule has 2 aromatic rings. The van der Waals surface area contributed by atoms with Crippen LogP contribution < -0.4 is 0 Å². The number of aliphatic hydroxyl groups excluding tert-OH is 1. The number of rotatable bonds is 7. The zero-order valence-corrected chi connectivity index (χ0v) is 15.7. The molecule has 1 aliphatic heterocycles. The molecular weight excluding hydrogens is 340 g/mol. The van der Waals surface area contributed by atoms with Gasteiger partial charge in [-0.2, -0.15) is 0 Å². The number of imidazole rings is 1. The summed E-state index contributed by atoms with van der Waals surface area (Å²) in [6, 6.07) is 8.63. The third-order valence-corrected chi connectivity index (χ3v) is 6.05. The van der Waals surface area contributed by atoms with E-state index >= 15 is 0 Å². The van der Waals surface area contributed by atoms with Gasteiger partial charge in [0.25, 0.3) is 0 Å². The maximum Gasteiger partial charge on any atom is 0.306 e. The average molecular weight is 368 g/mol. The molecule has 2 unspecified atom stereocenters. The van der Waals surface area contributed by atoms with Crippen LogP contribution >= 0.6 is 0 Å². The normalized spacial score (nSPS) is 20.1. The van der Waals surface area contributed by atoms with Gasteiger partial charge in [0.15, 0.2) is 0 Å². The Morgan fingerprint density at radius 2 is 2.07 bits per heavy atom. The largest absolute Gasteiger partial charge is 0.462 e. The Balaban J connectivity index is 1.56. The summed E-state index contributed by atoms with van der Waals surface area (Å²) in [5.41, 5.74) is 3.67. The number of ether oxygens (including phenoxy) is 1. The first-order chi connectivity index (χ1) is 13.3. The maximum absolute atomic E-state index is 12.3. The van der Waals surface area contributed by atoms with E-state index < -0.39 is 0 Å². The molecule has 1 aromatic carbocycles. The van der Waals surface area contributed by atoms with Crippen molar-refractivity contribution in [3.8, 4) is 11.3 Å². The number of aliphatic hydroxyl groups is 1. The number of fused-ring (bicyclic) bond motifs is 3. The molecule has 2 atom stereocenters. The minimum Gasteiger partial charge on any atom is -0.462 e. The van der Waals surface area contributed by atoms with Gasteiger partial charge in [-0.15, -0.1) is 0 Å². The molecule has 0 amide bonds. The number of carbonyl (C=O) groups excluding carboxylic acids is 1. The van der Waals surface area contributed by atoms with Gasteiger partial charge in [-0.25, -0.2) is 4.98 Å². The second-order valence-electron chi connectivity index (χ2n) is 7.78. The zero-order chi connectivity index (χ0) is 18.6. The molecular formula is C22H28N2O3. The van der Waals surface area contributed by atoms with E-state index in [9.17, 15) is 4.79 Å². The van der Waals surface area contributed by atoms with E-state index in [0.29, 0.717) is 12.3 Å². The number of esters is 1. The number of hydrogen-bond acceptors (Lipinski definition) is 4. The SMILES string of the molecule is O=C(CCCO)OC(CC1c2ccccc2-c2cncn21)C1CCCCC1. The van der Waals surface area contributed by atoms with Crippen LogP contribution in [0.15, 0.2) is 36.8 Å². The van der Waals surface area contributed by atoms with Gasteiger partial charge in [0.05, 0.1) is 24.3 Å². The van der Waals surface area contributed by atoms with E-state index in [4.69, 9.17) is 9.84 Å². The summed E-state index contributed by atoms with van der Waals surface area (Å²) in [6.45, 7) is 0.0254. The Labute approximate surface area is 160 Å². The minimum absolute atomic E-state index is 0.0254. The van der Waals surface area contributed by atoms with Gasteiger partial charge in [-0.3, -0.25) is 4.79 Å². The van der Waals surface area contributed by atoms with Crippen molar-refractivity contribution in [2.75, 3.05) is 6.61 Å². The highest BCUT2D eigenvalue weighted by Crippen LogP contribution is 2.43. The highest BCUT2D eigenvalue weighted by Gasteiger charge is 2.35. The lowest BCUT2D eigenvalue weighted by molar-refractivity contribution is -0.153. The molecule has 4 rings (SSSR count). The first-order valence-corrected chi connectivity index (χ1v) is 10.2. The van der Waals surface area contributed by atoms with Crippen LogP contribution in [0.4, 0.5) is 0 Å². The summed E-state index contributed by atoms with van der Waals surface area (Å²) in [6.07, 6.45) is 11.2. The summed E-state index contributed by atoms with van der Waals surface area (Å²) in [7, 11) is 0. The van der Waals surface area contributed by atoms with E-state index in [1.54, 1.807) is 0 Å². The average Bonchev–Trinajstić information content (AvgIpc) is 3.29. The number of benzene rings is 1. The molecule has 0 radical (unpaired) electrons. The smallest absolute Gasteiger partial charge is 0.306 e. The predicted molar refractivity (Wildman–Crippen MR) is 103 cm³/mol. The molecule has 0 saturated heterocycles. The van der Waals surface area contributed by atoms with Crippen molar-refractivity contribution in [2.24, 2.45) is 5.92 Å². The van der Waals surface area contributed by atoms with Crippen molar-refractivity contribution in [1.29, 1.82) is 0 Å². The van der Waals surface area contributed by atoms with E-state index in [1.165, 1.54) is 30.4 Å². The van der Waals surface area contributed by atoms with Gasteiger partial charge >= 0.3 is 5.97 Å². The molecule has 1 saturated carbocycles. The Bertz CT molecular complexity index is 779. The van der Waals surface area contributed by atoms with Gasteiger partial charge in [-0.1, -0.05) is 43.5 Å². The number of nitrogens with zero attached hydrogens (tertiary/aromatic N) is 2. The van der Waals surface area contributed by atoms with Crippen molar-refractivity contribution in [3.05, 3.63) is 42.4 Å². The number of aromatic nitrogens is 2. The maximum atomic E-state index is 12.3. The van der Waals surface area contributed by atoms with Gasteiger partial charge in [0, 0.05) is 25.0 Å². The van der Waals surface area contributed by atoms with Crippen LogP contribution in [0.3, 0.4) is 0 Å². The molecule has 5 nitrogen and oxygen atoms in total. The standard InChI is InChI=1S/C22H28N2O3/c25-12-6-11-22(26)27-21(16-7-2-1-3-8-16)13-19-17-9-4-5-10-18(17)20-14-23-15-24(19)20/h4-5,9-10,14-16,19,21,25H,1-3,6-8,11-13H2. The quantitative estimate of drug-likeness (QED) is 0.747. The molecule has 1 aliphatic carbocycles. The van der Waals surface area contributed by atoms with Crippen LogP contribution in [0.5, 0.6) is 0 Å². The van der Waals surface area contributed by atoms with Crippen molar-refractivity contribution in [3.63, 3.8) is 0 Å². The van der Waals surface area contributed by atoms with E-state index in [-0.39, 0.29) is 31.1 Å². The minimum atomic E-state index is -0.184. The fourth-order valence-corrected chi connectivity index (χ4v) is 4.69. The Morgan fingerprint density at radius 1 is 1.26 bits per heavy atom. The lowest BCUT2D eigenvalue weighted by Crippen LogP contribution is -2.31. The summed E-state index contributed by atoms with van der Waals surface area (Å²) in [5, 5.41) is 9.00. The zero-order valence-electron chi connectivity index (χ0n) is 15.7.